The number of hydrogen-bond acceptors (Lipinski definition) is 5. The number of aromatic nitrogens is 3. The molecule has 18 heavy (non-hydrogen) atoms. The maximum absolute atomic E-state index is 9.04. The summed E-state index contributed by atoms with van der Waals surface area (Å²) in [6.07, 6.45) is 3.38. The van der Waals surface area contributed by atoms with Crippen molar-refractivity contribution in [1.29, 1.82) is 0 Å². The highest BCUT2D eigenvalue weighted by molar-refractivity contribution is 4.93. The Morgan fingerprint density at radius 1 is 1.28 bits per heavy atom. The molecule has 1 aromatic rings. The smallest absolute Gasteiger partial charge is 0.102 e. The topological polar surface area (TPSA) is 75.0 Å². The fourth-order valence-electron chi connectivity index (χ4n) is 1.60. The lowest BCUT2D eigenvalue weighted by Gasteiger charge is -2.06. The maximum atomic E-state index is 9.04. The summed E-state index contributed by atoms with van der Waals surface area (Å²) in [5.74, 6) is 0. The van der Waals surface area contributed by atoms with E-state index in [1.54, 1.807) is 6.92 Å². The van der Waals surface area contributed by atoms with E-state index in [-0.39, 0.29) is 0 Å². The van der Waals surface area contributed by atoms with Crippen molar-refractivity contribution in [2.75, 3.05) is 13.1 Å². The normalized spacial score (nSPS) is 13.2. The Balaban J connectivity index is 2.17. The molecule has 0 saturated carbocycles. The summed E-state index contributed by atoms with van der Waals surface area (Å²) in [4.78, 5) is 0. The highest BCUT2D eigenvalue weighted by Gasteiger charge is 2.01. The van der Waals surface area contributed by atoms with Crippen LogP contribution >= 0.6 is 0 Å². The summed E-state index contributed by atoms with van der Waals surface area (Å²) in [5.41, 5.74) is 1.02. The van der Waals surface area contributed by atoms with E-state index in [1.165, 1.54) is 0 Å². The van der Waals surface area contributed by atoms with Gasteiger partial charge in [-0.25, -0.2) is 0 Å². The van der Waals surface area contributed by atoms with E-state index in [2.05, 4.69) is 34.8 Å². The van der Waals surface area contributed by atoms with Gasteiger partial charge in [-0.1, -0.05) is 19.1 Å². The average Bonchev–Trinajstić information content (AvgIpc) is 2.72. The monoisotopic (exact) mass is 255 g/mol. The standard InChI is InChI=1S/C12H25N5O/c1-10(2)13-7-5-12-9-17(16-15-12)8-4-6-14-11(3)18/h9-11,13-14,18H,4-8H2,1-3H3. The molecule has 0 amide bonds. The van der Waals surface area contributed by atoms with Crippen LogP contribution in [-0.2, 0) is 13.0 Å². The van der Waals surface area contributed by atoms with Gasteiger partial charge in [0.1, 0.15) is 6.23 Å². The number of nitrogens with one attached hydrogen (secondary N) is 2. The zero-order chi connectivity index (χ0) is 13.4. The first-order valence-corrected chi connectivity index (χ1v) is 6.61. The lowest BCUT2D eigenvalue weighted by atomic mass is 10.3. The van der Waals surface area contributed by atoms with Crippen molar-refractivity contribution in [3.63, 3.8) is 0 Å². The van der Waals surface area contributed by atoms with E-state index in [1.807, 2.05) is 10.9 Å². The highest BCUT2D eigenvalue weighted by atomic mass is 16.3. The minimum atomic E-state index is -0.446. The Morgan fingerprint density at radius 3 is 2.72 bits per heavy atom. The minimum Gasteiger partial charge on any atom is -0.379 e. The van der Waals surface area contributed by atoms with E-state index in [9.17, 15) is 0 Å². The first-order valence-electron chi connectivity index (χ1n) is 6.61. The summed E-state index contributed by atoms with van der Waals surface area (Å²) in [5, 5.41) is 23.6. The van der Waals surface area contributed by atoms with Crippen LogP contribution < -0.4 is 10.6 Å². The van der Waals surface area contributed by atoms with E-state index in [0.29, 0.717) is 6.04 Å². The Morgan fingerprint density at radius 2 is 2.06 bits per heavy atom. The summed E-state index contributed by atoms with van der Waals surface area (Å²) in [7, 11) is 0. The zero-order valence-electron chi connectivity index (χ0n) is 11.6. The molecule has 1 heterocycles. The van der Waals surface area contributed by atoms with Gasteiger partial charge in [-0.05, 0) is 19.9 Å². The Bertz CT molecular complexity index is 324. The molecule has 0 spiro atoms. The van der Waals surface area contributed by atoms with Crippen molar-refractivity contribution in [3.05, 3.63) is 11.9 Å². The van der Waals surface area contributed by atoms with Crippen LogP contribution in [0.25, 0.3) is 0 Å². The number of aliphatic hydroxyl groups excluding tert-OH is 1. The van der Waals surface area contributed by atoms with Gasteiger partial charge in [0.15, 0.2) is 0 Å². The Labute approximate surface area is 109 Å². The third-order valence-corrected chi connectivity index (χ3v) is 2.52. The molecule has 1 unspecified atom stereocenters. The van der Waals surface area contributed by atoms with E-state index >= 15 is 0 Å². The quantitative estimate of drug-likeness (QED) is 0.432. The minimum absolute atomic E-state index is 0.446. The number of aliphatic hydroxyl groups is 1. The number of nitrogens with zero attached hydrogens (tertiary/aromatic N) is 3. The molecule has 104 valence electrons. The predicted molar refractivity (Wildman–Crippen MR) is 71.2 cm³/mol. The third-order valence-electron chi connectivity index (χ3n) is 2.52. The van der Waals surface area contributed by atoms with Crippen LogP contribution in [0.15, 0.2) is 6.20 Å². The molecular weight excluding hydrogens is 230 g/mol. The van der Waals surface area contributed by atoms with Crippen LogP contribution in [-0.4, -0.2) is 45.5 Å². The van der Waals surface area contributed by atoms with Gasteiger partial charge < -0.3 is 10.4 Å². The molecule has 0 bridgehead atoms. The van der Waals surface area contributed by atoms with Gasteiger partial charge in [-0.15, -0.1) is 5.10 Å². The molecule has 0 aliphatic carbocycles. The summed E-state index contributed by atoms with van der Waals surface area (Å²) >= 11 is 0. The van der Waals surface area contributed by atoms with Gasteiger partial charge >= 0.3 is 0 Å². The fourth-order valence-corrected chi connectivity index (χ4v) is 1.60. The van der Waals surface area contributed by atoms with E-state index in [0.717, 1.165) is 38.2 Å². The third kappa shape index (κ3) is 6.68. The molecule has 0 aromatic carbocycles. The number of hydrogen-bond donors (Lipinski definition) is 3. The van der Waals surface area contributed by atoms with Crippen LogP contribution in [0.4, 0.5) is 0 Å². The Hall–Kier alpha value is -0.980. The van der Waals surface area contributed by atoms with Crippen LogP contribution in [0.1, 0.15) is 32.9 Å². The second-order valence-corrected chi connectivity index (χ2v) is 4.82. The number of rotatable bonds is 9. The SMILES string of the molecule is CC(C)NCCc1cn(CCCNC(C)O)nn1. The molecule has 0 aliphatic rings. The molecule has 6 nitrogen and oxygen atoms in total. The molecular formula is C12H25N5O. The summed E-state index contributed by atoms with van der Waals surface area (Å²) in [6, 6.07) is 0.506. The molecule has 1 rings (SSSR count). The van der Waals surface area contributed by atoms with Gasteiger partial charge in [-0.3, -0.25) is 10.00 Å². The lowest BCUT2D eigenvalue weighted by molar-refractivity contribution is 0.156. The second-order valence-electron chi connectivity index (χ2n) is 4.82. The van der Waals surface area contributed by atoms with Crippen molar-refractivity contribution in [1.82, 2.24) is 25.6 Å². The van der Waals surface area contributed by atoms with Gasteiger partial charge in [0, 0.05) is 31.7 Å². The molecule has 1 aromatic heterocycles. The van der Waals surface area contributed by atoms with Crippen LogP contribution in [0.5, 0.6) is 0 Å². The van der Waals surface area contributed by atoms with Gasteiger partial charge in [0.25, 0.3) is 0 Å². The van der Waals surface area contributed by atoms with Crippen molar-refractivity contribution in [2.24, 2.45) is 0 Å². The van der Waals surface area contributed by atoms with E-state index in [4.69, 9.17) is 5.11 Å². The highest BCUT2D eigenvalue weighted by Crippen LogP contribution is 1.95. The lowest BCUT2D eigenvalue weighted by Crippen LogP contribution is -2.26. The van der Waals surface area contributed by atoms with Gasteiger partial charge in [0.05, 0.1) is 5.69 Å². The molecule has 0 aliphatic heterocycles. The molecule has 3 N–H and O–H groups in total. The first kappa shape index (κ1) is 15.1. The predicted octanol–water partition coefficient (Wildman–Crippen LogP) is 0.137. The van der Waals surface area contributed by atoms with E-state index < -0.39 is 6.23 Å². The van der Waals surface area contributed by atoms with Crippen molar-refractivity contribution >= 4 is 0 Å². The summed E-state index contributed by atoms with van der Waals surface area (Å²) < 4.78 is 1.86. The Kier molecular flexibility index (Phi) is 6.85. The van der Waals surface area contributed by atoms with Crippen molar-refractivity contribution in [2.45, 2.75) is 52.4 Å². The largest absolute Gasteiger partial charge is 0.379 e. The summed E-state index contributed by atoms with van der Waals surface area (Å²) in [6.45, 7) is 8.51. The molecule has 6 heteroatoms. The molecule has 1 atom stereocenters. The number of aryl methyl sites for hydroxylation is 1. The van der Waals surface area contributed by atoms with Gasteiger partial charge in [-0.2, -0.15) is 0 Å². The maximum Gasteiger partial charge on any atom is 0.102 e. The van der Waals surface area contributed by atoms with Crippen LogP contribution in [0.3, 0.4) is 0 Å². The van der Waals surface area contributed by atoms with Gasteiger partial charge in [0.2, 0.25) is 0 Å². The van der Waals surface area contributed by atoms with Crippen LogP contribution in [0, 0.1) is 0 Å². The second kappa shape index (κ2) is 8.18. The van der Waals surface area contributed by atoms with Crippen LogP contribution in [0.2, 0.25) is 0 Å². The molecule has 0 saturated heterocycles. The first-order chi connectivity index (χ1) is 8.58. The average molecular weight is 255 g/mol. The van der Waals surface area contributed by atoms with Crippen molar-refractivity contribution < 1.29 is 5.11 Å². The van der Waals surface area contributed by atoms with Crippen molar-refractivity contribution in [3.8, 4) is 0 Å². The fraction of sp³-hybridized carbons (Fsp3) is 0.833. The molecule has 0 fully saturated rings. The molecule has 0 radical (unpaired) electrons. The zero-order valence-corrected chi connectivity index (χ0v) is 11.6.